The highest BCUT2D eigenvalue weighted by molar-refractivity contribution is 5.89. The average Bonchev–Trinajstić information content (AvgIpc) is 2.47. The molecule has 20 heavy (non-hydrogen) atoms. The summed E-state index contributed by atoms with van der Waals surface area (Å²) in [5, 5.41) is 6.26. The summed E-state index contributed by atoms with van der Waals surface area (Å²) in [5.41, 5.74) is 2.19. The molecule has 5 heteroatoms. The molecule has 5 nitrogen and oxygen atoms in total. The molecule has 0 aliphatic carbocycles. The van der Waals surface area contributed by atoms with Crippen LogP contribution >= 0.6 is 0 Å². The number of allylic oxidation sites excluding steroid dienone is 1. The zero-order valence-electron chi connectivity index (χ0n) is 11.7. The minimum Gasteiger partial charge on any atom is -0.369 e. The summed E-state index contributed by atoms with van der Waals surface area (Å²) in [6.45, 7) is 5.73. The van der Waals surface area contributed by atoms with Gasteiger partial charge in [-0.3, -0.25) is 9.69 Å². The molecule has 1 atom stereocenters. The predicted octanol–water partition coefficient (Wildman–Crippen LogP) is 0.715. The molecular formula is C15H20N4O. The van der Waals surface area contributed by atoms with E-state index in [1.54, 1.807) is 6.08 Å². The molecule has 1 fully saturated rings. The first-order valence-electron chi connectivity index (χ1n) is 7.02. The van der Waals surface area contributed by atoms with E-state index in [0.29, 0.717) is 0 Å². The zero-order chi connectivity index (χ0) is 13.9. The Labute approximate surface area is 119 Å². The topological polar surface area (TPSA) is 47.6 Å². The Morgan fingerprint density at radius 1 is 1.05 bits per heavy atom. The first kappa shape index (κ1) is 13.0. The molecule has 2 aliphatic rings. The molecule has 1 aromatic carbocycles. The summed E-state index contributed by atoms with van der Waals surface area (Å²) in [6.07, 6.45) is 1.52. The maximum absolute atomic E-state index is 11.5. The third-order valence-corrected chi connectivity index (χ3v) is 3.79. The minimum atomic E-state index is -0.0783. The van der Waals surface area contributed by atoms with Crippen LogP contribution in [-0.4, -0.2) is 43.3 Å². The van der Waals surface area contributed by atoms with Crippen LogP contribution in [0.4, 0.5) is 5.69 Å². The van der Waals surface area contributed by atoms with Crippen molar-refractivity contribution in [3.63, 3.8) is 0 Å². The number of hydrogen-bond acceptors (Lipinski definition) is 4. The Hall–Kier alpha value is -2.01. The maximum atomic E-state index is 11.5. The van der Waals surface area contributed by atoms with Crippen LogP contribution in [-0.2, 0) is 4.79 Å². The second-order valence-corrected chi connectivity index (χ2v) is 5.24. The Balaban J connectivity index is 1.59. The average molecular weight is 272 g/mol. The first-order chi connectivity index (χ1) is 9.72. The van der Waals surface area contributed by atoms with Crippen molar-refractivity contribution in [3.05, 3.63) is 42.1 Å². The second-order valence-electron chi connectivity index (χ2n) is 5.24. The molecule has 0 saturated carbocycles. The number of para-hydroxylation sites is 1. The number of amides is 1. The number of hydrogen-bond donors (Lipinski definition) is 2. The van der Waals surface area contributed by atoms with Gasteiger partial charge in [0.15, 0.2) is 6.29 Å². The van der Waals surface area contributed by atoms with Crippen LogP contribution in [0.1, 0.15) is 6.92 Å². The van der Waals surface area contributed by atoms with Gasteiger partial charge in [0.25, 0.3) is 0 Å². The molecule has 2 aliphatic heterocycles. The number of carbonyl (C=O) groups excluding carboxylic acids is 1. The van der Waals surface area contributed by atoms with E-state index in [-0.39, 0.29) is 12.2 Å². The van der Waals surface area contributed by atoms with Crippen LogP contribution in [0, 0.1) is 0 Å². The highest BCUT2D eigenvalue weighted by Gasteiger charge is 2.26. The van der Waals surface area contributed by atoms with Gasteiger partial charge in [0, 0.05) is 43.6 Å². The zero-order valence-corrected chi connectivity index (χ0v) is 11.7. The van der Waals surface area contributed by atoms with Gasteiger partial charge in [-0.25, -0.2) is 0 Å². The number of nitrogens with one attached hydrogen (secondary N) is 2. The monoisotopic (exact) mass is 272 g/mol. The fourth-order valence-corrected chi connectivity index (χ4v) is 2.73. The molecule has 2 heterocycles. The summed E-state index contributed by atoms with van der Waals surface area (Å²) in [7, 11) is 0. The van der Waals surface area contributed by atoms with E-state index in [4.69, 9.17) is 0 Å². The molecule has 1 saturated heterocycles. The Kier molecular flexibility index (Phi) is 3.60. The van der Waals surface area contributed by atoms with E-state index in [1.165, 1.54) is 5.69 Å². The van der Waals surface area contributed by atoms with E-state index in [0.717, 1.165) is 31.9 Å². The van der Waals surface area contributed by atoms with Gasteiger partial charge in [-0.1, -0.05) is 18.2 Å². The Morgan fingerprint density at radius 3 is 2.40 bits per heavy atom. The Bertz CT molecular complexity index is 506. The van der Waals surface area contributed by atoms with Crippen LogP contribution in [0.3, 0.4) is 0 Å². The van der Waals surface area contributed by atoms with E-state index in [2.05, 4.69) is 44.7 Å². The van der Waals surface area contributed by atoms with Gasteiger partial charge in [0.2, 0.25) is 5.91 Å². The molecule has 2 N–H and O–H groups in total. The van der Waals surface area contributed by atoms with E-state index >= 15 is 0 Å². The molecule has 3 rings (SSSR count). The third kappa shape index (κ3) is 2.77. The molecule has 0 radical (unpaired) electrons. The predicted molar refractivity (Wildman–Crippen MR) is 79.1 cm³/mol. The van der Waals surface area contributed by atoms with Crippen LogP contribution in [0.15, 0.2) is 42.1 Å². The van der Waals surface area contributed by atoms with Crippen LogP contribution in [0.25, 0.3) is 0 Å². The van der Waals surface area contributed by atoms with Crippen molar-refractivity contribution in [1.82, 2.24) is 15.5 Å². The van der Waals surface area contributed by atoms with Crippen molar-refractivity contribution in [2.45, 2.75) is 13.2 Å². The van der Waals surface area contributed by atoms with Crippen molar-refractivity contribution < 1.29 is 4.79 Å². The van der Waals surface area contributed by atoms with Crippen molar-refractivity contribution in [1.29, 1.82) is 0 Å². The van der Waals surface area contributed by atoms with Gasteiger partial charge in [0.05, 0.1) is 0 Å². The fraction of sp³-hybridized carbons (Fsp3) is 0.400. The smallest absolute Gasteiger partial charge is 0.248 e. The number of anilines is 1. The van der Waals surface area contributed by atoms with Crippen LogP contribution < -0.4 is 15.5 Å². The molecule has 0 unspecified atom stereocenters. The first-order valence-corrected chi connectivity index (χ1v) is 7.02. The van der Waals surface area contributed by atoms with Crippen LogP contribution in [0.5, 0.6) is 0 Å². The van der Waals surface area contributed by atoms with Crippen molar-refractivity contribution in [2.24, 2.45) is 0 Å². The lowest BCUT2D eigenvalue weighted by Gasteiger charge is -2.41. The number of carbonyl (C=O) groups is 1. The van der Waals surface area contributed by atoms with Gasteiger partial charge in [-0.05, 0) is 19.1 Å². The summed E-state index contributed by atoms with van der Waals surface area (Å²) >= 11 is 0. The van der Waals surface area contributed by atoms with Crippen molar-refractivity contribution >= 4 is 11.6 Å². The van der Waals surface area contributed by atoms with Gasteiger partial charge in [-0.15, -0.1) is 0 Å². The lowest BCUT2D eigenvalue weighted by molar-refractivity contribution is -0.119. The molecule has 1 amide bonds. The van der Waals surface area contributed by atoms with Crippen molar-refractivity contribution in [2.75, 3.05) is 31.1 Å². The highest BCUT2D eigenvalue weighted by atomic mass is 16.2. The van der Waals surface area contributed by atoms with Gasteiger partial charge < -0.3 is 15.5 Å². The van der Waals surface area contributed by atoms with E-state index in [9.17, 15) is 4.79 Å². The summed E-state index contributed by atoms with van der Waals surface area (Å²) in [5.74, 6) is -0.0169. The third-order valence-electron chi connectivity index (χ3n) is 3.79. The Morgan fingerprint density at radius 2 is 1.75 bits per heavy atom. The summed E-state index contributed by atoms with van der Waals surface area (Å²) < 4.78 is 0. The van der Waals surface area contributed by atoms with Gasteiger partial charge in [-0.2, -0.15) is 0 Å². The lowest BCUT2D eigenvalue weighted by Crippen LogP contribution is -2.62. The second kappa shape index (κ2) is 5.54. The van der Waals surface area contributed by atoms with Gasteiger partial charge >= 0.3 is 0 Å². The number of rotatable bonds is 2. The summed E-state index contributed by atoms with van der Waals surface area (Å²) in [4.78, 5) is 16.2. The van der Waals surface area contributed by atoms with Gasteiger partial charge in [0.1, 0.15) is 0 Å². The quantitative estimate of drug-likeness (QED) is 0.833. The number of benzene rings is 1. The molecule has 106 valence electrons. The summed E-state index contributed by atoms with van der Waals surface area (Å²) in [6, 6.07) is 10.5. The molecule has 0 aromatic heterocycles. The maximum Gasteiger partial charge on any atom is 0.248 e. The van der Waals surface area contributed by atoms with Crippen LogP contribution in [0.2, 0.25) is 0 Å². The normalized spacial score (nSPS) is 23.9. The highest BCUT2D eigenvalue weighted by Crippen LogP contribution is 2.16. The largest absolute Gasteiger partial charge is 0.369 e. The van der Waals surface area contributed by atoms with Crippen molar-refractivity contribution in [3.8, 4) is 0 Å². The van der Waals surface area contributed by atoms with E-state index in [1.807, 2.05) is 13.0 Å². The molecule has 0 spiro atoms. The molecule has 0 bridgehead atoms. The number of piperazine rings is 1. The fourth-order valence-electron chi connectivity index (χ4n) is 2.73. The molecule has 1 aromatic rings. The molecular weight excluding hydrogens is 252 g/mol. The SMILES string of the molecule is CC1=CC(=O)N[C@@H](N2CCN(c3ccccc3)CC2)N1. The standard InChI is InChI=1S/C15H20N4O/c1-12-11-14(20)17-15(16-12)19-9-7-18(8-10-19)13-5-3-2-4-6-13/h2-6,11,15-16H,7-10H2,1H3,(H,17,20)/t15-/m0/s1. The minimum absolute atomic E-state index is 0.0169. The lowest BCUT2D eigenvalue weighted by atomic mass is 10.2. The van der Waals surface area contributed by atoms with E-state index < -0.39 is 0 Å². The number of nitrogens with zero attached hydrogens (tertiary/aromatic N) is 2.